The van der Waals surface area contributed by atoms with Gasteiger partial charge in [-0.25, -0.2) is 0 Å². The first-order valence-electron chi connectivity index (χ1n) is 8.36. The van der Waals surface area contributed by atoms with E-state index in [1.54, 1.807) is 26.1 Å². The number of hydrogen-bond acceptors (Lipinski definition) is 3. The van der Waals surface area contributed by atoms with Crippen LogP contribution in [0.5, 0.6) is 5.75 Å². The third kappa shape index (κ3) is 5.23. The lowest BCUT2D eigenvalue weighted by atomic mass is 10.1. The summed E-state index contributed by atoms with van der Waals surface area (Å²) >= 11 is 5.91. The number of amides is 2. The van der Waals surface area contributed by atoms with Gasteiger partial charge in [-0.2, -0.15) is 0 Å². The minimum atomic E-state index is -0.622. The van der Waals surface area contributed by atoms with Crippen molar-refractivity contribution in [2.24, 2.45) is 0 Å². The summed E-state index contributed by atoms with van der Waals surface area (Å²) < 4.78 is 5.66. The highest BCUT2D eigenvalue weighted by atomic mass is 35.5. The van der Waals surface area contributed by atoms with Crippen molar-refractivity contribution in [2.75, 3.05) is 13.7 Å². The maximum atomic E-state index is 12.8. The van der Waals surface area contributed by atoms with Gasteiger partial charge in [0.1, 0.15) is 11.8 Å². The van der Waals surface area contributed by atoms with Crippen LogP contribution in [0.4, 0.5) is 0 Å². The quantitative estimate of drug-likeness (QED) is 0.809. The van der Waals surface area contributed by atoms with Gasteiger partial charge in [-0.15, -0.1) is 0 Å². The predicted octanol–water partition coefficient (Wildman–Crippen LogP) is 3.19. The van der Waals surface area contributed by atoms with E-state index in [-0.39, 0.29) is 18.4 Å². The number of nitrogens with zero attached hydrogens (tertiary/aromatic N) is 1. The number of hydrogen-bond donors (Lipinski definition) is 1. The molecule has 2 aromatic carbocycles. The molecule has 0 aliphatic heterocycles. The summed E-state index contributed by atoms with van der Waals surface area (Å²) in [4.78, 5) is 26.3. The normalized spacial score (nSPS) is 11.5. The van der Waals surface area contributed by atoms with Gasteiger partial charge in [0.25, 0.3) is 5.91 Å². The minimum absolute atomic E-state index is 0.139. The van der Waals surface area contributed by atoms with Crippen molar-refractivity contribution in [1.82, 2.24) is 10.2 Å². The molecule has 0 bridgehead atoms. The highest BCUT2D eigenvalue weighted by molar-refractivity contribution is 6.30. The number of rotatable bonds is 7. The molecule has 0 spiro atoms. The van der Waals surface area contributed by atoms with Crippen LogP contribution in [-0.4, -0.2) is 36.4 Å². The molecule has 0 radical (unpaired) electrons. The first-order valence-corrected chi connectivity index (χ1v) is 8.74. The molecular formula is C20H23ClN2O3. The predicted molar refractivity (Wildman–Crippen MR) is 102 cm³/mol. The first kappa shape index (κ1) is 19.8. The minimum Gasteiger partial charge on any atom is -0.484 e. The summed E-state index contributed by atoms with van der Waals surface area (Å²) in [6.45, 7) is 3.76. The van der Waals surface area contributed by atoms with Gasteiger partial charge in [-0.1, -0.05) is 41.9 Å². The number of likely N-dealkylation sites (N-methyl/N-ethyl adjacent to an activating group) is 1. The molecule has 0 aliphatic rings. The van der Waals surface area contributed by atoms with Crippen LogP contribution in [0.1, 0.15) is 18.1 Å². The van der Waals surface area contributed by atoms with Gasteiger partial charge in [-0.3, -0.25) is 9.59 Å². The maximum absolute atomic E-state index is 12.8. The van der Waals surface area contributed by atoms with E-state index >= 15 is 0 Å². The molecule has 0 saturated heterocycles. The van der Waals surface area contributed by atoms with Crippen molar-refractivity contribution in [3.63, 3.8) is 0 Å². The van der Waals surface area contributed by atoms with E-state index in [1.807, 2.05) is 43.3 Å². The number of nitrogens with one attached hydrogen (secondary N) is 1. The molecule has 0 aliphatic carbocycles. The lowest BCUT2D eigenvalue weighted by molar-refractivity contribution is -0.142. The third-order valence-electron chi connectivity index (χ3n) is 4.12. The second kappa shape index (κ2) is 9.25. The summed E-state index contributed by atoms with van der Waals surface area (Å²) in [7, 11) is 1.55. The summed E-state index contributed by atoms with van der Waals surface area (Å²) in [6, 6.07) is 14.1. The fraction of sp³-hybridized carbons (Fsp3) is 0.300. The number of aryl methyl sites for hydroxylation is 1. The average Bonchev–Trinajstić information content (AvgIpc) is 2.65. The first-order chi connectivity index (χ1) is 12.4. The van der Waals surface area contributed by atoms with Gasteiger partial charge >= 0.3 is 0 Å². The molecule has 0 fully saturated rings. The molecule has 0 saturated carbocycles. The van der Waals surface area contributed by atoms with E-state index in [2.05, 4.69) is 5.32 Å². The lowest BCUT2D eigenvalue weighted by Gasteiger charge is -2.28. The zero-order valence-electron chi connectivity index (χ0n) is 15.2. The molecule has 26 heavy (non-hydrogen) atoms. The fourth-order valence-corrected chi connectivity index (χ4v) is 2.64. The topological polar surface area (TPSA) is 58.6 Å². The highest BCUT2D eigenvalue weighted by Crippen LogP contribution is 2.17. The summed E-state index contributed by atoms with van der Waals surface area (Å²) in [5.74, 6) is 0.155. The van der Waals surface area contributed by atoms with Crippen molar-refractivity contribution in [1.29, 1.82) is 0 Å². The Morgan fingerprint density at radius 1 is 1.15 bits per heavy atom. The van der Waals surface area contributed by atoms with Crippen molar-refractivity contribution < 1.29 is 14.3 Å². The lowest BCUT2D eigenvalue weighted by Crippen LogP contribution is -2.48. The second-order valence-electron chi connectivity index (χ2n) is 5.99. The van der Waals surface area contributed by atoms with E-state index in [9.17, 15) is 9.59 Å². The number of para-hydroxylation sites is 1. The van der Waals surface area contributed by atoms with Crippen molar-refractivity contribution in [3.05, 3.63) is 64.7 Å². The molecule has 5 nitrogen and oxygen atoms in total. The van der Waals surface area contributed by atoms with Crippen LogP contribution in [0.15, 0.2) is 48.5 Å². The van der Waals surface area contributed by atoms with Gasteiger partial charge in [0, 0.05) is 18.6 Å². The molecule has 0 aromatic heterocycles. The Hall–Kier alpha value is -2.53. The molecule has 1 unspecified atom stereocenters. The Morgan fingerprint density at radius 3 is 2.42 bits per heavy atom. The van der Waals surface area contributed by atoms with Crippen molar-refractivity contribution in [3.8, 4) is 5.75 Å². The van der Waals surface area contributed by atoms with E-state index in [0.717, 1.165) is 11.1 Å². The van der Waals surface area contributed by atoms with Gasteiger partial charge < -0.3 is 15.0 Å². The molecule has 2 amide bonds. The van der Waals surface area contributed by atoms with Crippen LogP contribution in [0, 0.1) is 6.92 Å². The zero-order valence-corrected chi connectivity index (χ0v) is 15.9. The third-order valence-corrected chi connectivity index (χ3v) is 4.38. The molecular weight excluding hydrogens is 352 g/mol. The van der Waals surface area contributed by atoms with E-state index in [4.69, 9.17) is 16.3 Å². The largest absolute Gasteiger partial charge is 0.484 e. The fourth-order valence-electron chi connectivity index (χ4n) is 2.52. The standard InChI is InChI=1S/C20H23ClN2O3/c1-14-6-4-5-7-18(14)26-13-19(24)23(15(2)20(25)22-3)12-16-8-10-17(21)11-9-16/h4-11,15H,12-13H2,1-3H3,(H,22,25). The van der Waals surface area contributed by atoms with E-state index in [1.165, 1.54) is 4.90 Å². The van der Waals surface area contributed by atoms with Crippen LogP contribution in [0.3, 0.4) is 0 Å². The van der Waals surface area contributed by atoms with Gasteiger partial charge in [0.2, 0.25) is 5.91 Å². The molecule has 1 atom stereocenters. The number of carbonyl (C=O) groups is 2. The van der Waals surface area contributed by atoms with E-state index < -0.39 is 6.04 Å². The number of halogens is 1. The maximum Gasteiger partial charge on any atom is 0.261 e. The van der Waals surface area contributed by atoms with E-state index in [0.29, 0.717) is 17.3 Å². The molecule has 2 aromatic rings. The Bertz CT molecular complexity index is 762. The number of carbonyl (C=O) groups excluding carboxylic acids is 2. The Labute approximate surface area is 158 Å². The van der Waals surface area contributed by atoms with Gasteiger partial charge in [-0.05, 0) is 43.2 Å². The van der Waals surface area contributed by atoms with Crippen LogP contribution < -0.4 is 10.1 Å². The monoisotopic (exact) mass is 374 g/mol. The molecule has 0 heterocycles. The SMILES string of the molecule is CNC(=O)C(C)N(Cc1ccc(Cl)cc1)C(=O)COc1ccccc1C. The van der Waals surface area contributed by atoms with Crippen molar-refractivity contribution in [2.45, 2.75) is 26.4 Å². The smallest absolute Gasteiger partial charge is 0.261 e. The zero-order chi connectivity index (χ0) is 19.1. The summed E-state index contributed by atoms with van der Waals surface area (Å²) in [5, 5.41) is 3.20. The summed E-state index contributed by atoms with van der Waals surface area (Å²) in [5.41, 5.74) is 1.83. The highest BCUT2D eigenvalue weighted by Gasteiger charge is 2.25. The second-order valence-corrected chi connectivity index (χ2v) is 6.43. The van der Waals surface area contributed by atoms with Crippen LogP contribution in [0.2, 0.25) is 5.02 Å². The molecule has 6 heteroatoms. The van der Waals surface area contributed by atoms with Gasteiger partial charge in [0.05, 0.1) is 0 Å². The molecule has 2 rings (SSSR count). The number of benzene rings is 2. The van der Waals surface area contributed by atoms with Crippen molar-refractivity contribution >= 4 is 23.4 Å². The van der Waals surface area contributed by atoms with Crippen LogP contribution >= 0.6 is 11.6 Å². The summed E-state index contributed by atoms with van der Waals surface area (Å²) in [6.07, 6.45) is 0. The molecule has 138 valence electrons. The average molecular weight is 375 g/mol. The Balaban J connectivity index is 2.13. The Kier molecular flexibility index (Phi) is 7.04. The van der Waals surface area contributed by atoms with Gasteiger partial charge in [0.15, 0.2) is 6.61 Å². The van der Waals surface area contributed by atoms with Crippen LogP contribution in [0.25, 0.3) is 0 Å². The molecule has 1 N–H and O–H groups in total. The van der Waals surface area contributed by atoms with Crippen LogP contribution in [-0.2, 0) is 16.1 Å². The number of ether oxygens (including phenoxy) is 1. The Morgan fingerprint density at radius 2 is 1.81 bits per heavy atom.